The Morgan fingerprint density at radius 3 is 2.89 bits per heavy atom. The Labute approximate surface area is 108 Å². The first-order valence-corrected chi connectivity index (χ1v) is 6.50. The second-order valence-electron chi connectivity index (χ2n) is 5.45. The van der Waals surface area contributed by atoms with E-state index in [0.717, 1.165) is 25.2 Å². The van der Waals surface area contributed by atoms with E-state index < -0.39 is 0 Å². The van der Waals surface area contributed by atoms with Crippen molar-refractivity contribution >= 4 is 11.6 Å². The molecule has 4 heteroatoms. The molecule has 1 aromatic rings. The molecule has 1 aromatic heterocycles. The van der Waals surface area contributed by atoms with E-state index in [-0.39, 0.29) is 5.91 Å². The van der Waals surface area contributed by atoms with Crippen LogP contribution in [-0.2, 0) is 0 Å². The maximum atomic E-state index is 12.4. The number of carbonyl (C=O) groups is 1. The molecule has 0 aliphatic carbocycles. The number of aryl methyl sites for hydroxylation is 1. The molecule has 1 unspecified atom stereocenters. The van der Waals surface area contributed by atoms with Crippen LogP contribution in [0.2, 0.25) is 0 Å². The van der Waals surface area contributed by atoms with Gasteiger partial charge in [0.15, 0.2) is 0 Å². The van der Waals surface area contributed by atoms with E-state index in [0.29, 0.717) is 23.1 Å². The van der Waals surface area contributed by atoms with Gasteiger partial charge in [-0.2, -0.15) is 0 Å². The lowest BCUT2D eigenvalue weighted by molar-refractivity contribution is 0.0783. The number of nitrogens with two attached hydrogens (primary N) is 1. The first-order chi connectivity index (χ1) is 8.49. The summed E-state index contributed by atoms with van der Waals surface area (Å²) >= 11 is 0. The average Bonchev–Trinajstić information content (AvgIpc) is 2.81. The number of amides is 1. The van der Waals surface area contributed by atoms with Crippen LogP contribution in [0.25, 0.3) is 0 Å². The number of hydrogen-bond donors (Lipinski definition) is 1. The van der Waals surface area contributed by atoms with Crippen LogP contribution in [0.15, 0.2) is 12.3 Å². The van der Waals surface area contributed by atoms with E-state index in [1.54, 1.807) is 12.3 Å². The molecule has 2 heterocycles. The summed E-state index contributed by atoms with van der Waals surface area (Å²) in [5.41, 5.74) is 7.64. The van der Waals surface area contributed by atoms with Crippen molar-refractivity contribution in [2.24, 2.45) is 11.8 Å². The molecule has 18 heavy (non-hydrogen) atoms. The highest BCUT2D eigenvalue weighted by Gasteiger charge is 2.29. The van der Waals surface area contributed by atoms with Gasteiger partial charge in [0.05, 0.1) is 23.1 Å². The van der Waals surface area contributed by atoms with Crippen LogP contribution in [0.5, 0.6) is 0 Å². The van der Waals surface area contributed by atoms with E-state index in [1.165, 1.54) is 0 Å². The lowest BCUT2D eigenvalue weighted by Gasteiger charge is -2.19. The Balaban J connectivity index is 2.15. The van der Waals surface area contributed by atoms with Crippen molar-refractivity contribution in [2.45, 2.75) is 27.2 Å². The molecule has 0 bridgehead atoms. The molecule has 4 nitrogen and oxygen atoms in total. The zero-order valence-electron chi connectivity index (χ0n) is 11.3. The van der Waals surface area contributed by atoms with Crippen molar-refractivity contribution in [1.29, 1.82) is 0 Å². The van der Waals surface area contributed by atoms with Gasteiger partial charge in [-0.15, -0.1) is 0 Å². The summed E-state index contributed by atoms with van der Waals surface area (Å²) in [6.07, 6.45) is 2.69. The molecule has 0 aromatic carbocycles. The Hall–Kier alpha value is -1.58. The van der Waals surface area contributed by atoms with Crippen LogP contribution in [0, 0.1) is 18.8 Å². The zero-order valence-corrected chi connectivity index (χ0v) is 11.3. The number of aromatic nitrogens is 1. The van der Waals surface area contributed by atoms with Crippen molar-refractivity contribution in [2.75, 3.05) is 18.8 Å². The first-order valence-electron chi connectivity index (χ1n) is 6.50. The minimum absolute atomic E-state index is 0.0652. The van der Waals surface area contributed by atoms with Crippen LogP contribution >= 0.6 is 0 Å². The Bertz CT molecular complexity index is 456. The lowest BCUT2D eigenvalue weighted by Crippen LogP contribution is -2.30. The molecule has 1 fully saturated rings. The number of carbonyl (C=O) groups excluding carboxylic acids is 1. The van der Waals surface area contributed by atoms with Gasteiger partial charge in [0.1, 0.15) is 0 Å². The molecule has 0 radical (unpaired) electrons. The molecule has 1 amide bonds. The molecular formula is C14H21N3O. The Kier molecular flexibility index (Phi) is 3.55. The van der Waals surface area contributed by atoms with Gasteiger partial charge in [-0.3, -0.25) is 9.78 Å². The maximum absolute atomic E-state index is 12.4. The highest BCUT2D eigenvalue weighted by Crippen LogP contribution is 2.25. The second kappa shape index (κ2) is 4.96. The summed E-state index contributed by atoms with van der Waals surface area (Å²) < 4.78 is 0. The molecule has 1 aliphatic heterocycles. The van der Waals surface area contributed by atoms with Crippen molar-refractivity contribution in [3.63, 3.8) is 0 Å². The second-order valence-corrected chi connectivity index (χ2v) is 5.45. The normalized spacial score (nSPS) is 19.6. The molecule has 98 valence electrons. The average molecular weight is 247 g/mol. The van der Waals surface area contributed by atoms with Crippen LogP contribution in [0.1, 0.15) is 36.3 Å². The summed E-state index contributed by atoms with van der Waals surface area (Å²) in [5, 5.41) is 0. The fraction of sp³-hybridized carbons (Fsp3) is 0.571. The maximum Gasteiger partial charge on any atom is 0.255 e. The molecule has 1 atom stereocenters. The van der Waals surface area contributed by atoms with Gasteiger partial charge in [-0.1, -0.05) is 13.8 Å². The number of nitrogen functional groups attached to an aromatic ring is 1. The molecule has 2 N–H and O–H groups in total. The van der Waals surface area contributed by atoms with Gasteiger partial charge in [-0.05, 0) is 31.2 Å². The summed E-state index contributed by atoms with van der Waals surface area (Å²) in [6.45, 7) is 7.97. The lowest BCUT2D eigenvalue weighted by atomic mass is 9.95. The summed E-state index contributed by atoms with van der Waals surface area (Å²) in [6, 6.07) is 1.73. The third kappa shape index (κ3) is 2.47. The number of rotatable bonds is 2. The van der Waals surface area contributed by atoms with E-state index >= 15 is 0 Å². The van der Waals surface area contributed by atoms with Crippen molar-refractivity contribution in [3.05, 3.63) is 23.5 Å². The number of pyridine rings is 1. The fourth-order valence-corrected chi connectivity index (χ4v) is 2.45. The number of anilines is 1. The van der Waals surface area contributed by atoms with E-state index in [2.05, 4.69) is 18.8 Å². The quantitative estimate of drug-likeness (QED) is 0.870. The first kappa shape index (κ1) is 12.9. The number of nitrogens with zero attached hydrogens (tertiary/aromatic N) is 2. The minimum atomic E-state index is 0.0652. The fourth-order valence-electron chi connectivity index (χ4n) is 2.45. The standard InChI is InChI=1S/C14H21N3O/c1-9(2)11-4-5-17(8-11)14(18)13-6-12(15)7-16-10(13)3/h6-7,9,11H,4-5,8,15H2,1-3H3. The molecule has 2 rings (SSSR count). The smallest absolute Gasteiger partial charge is 0.255 e. The van der Waals surface area contributed by atoms with Gasteiger partial charge in [0.2, 0.25) is 0 Å². The highest BCUT2D eigenvalue weighted by molar-refractivity contribution is 5.96. The third-order valence-electron chi connectivity index (χ3n) is 3.79. The topological polar surface area (TPSA) is 59.2 Å². The van der Waals surface area contributed by atoms with Gasteiger partial charge in [-0.25, -0.2) is 0 Å². The summed E-state index contributed by atoms with van der Waals surface area (Å²) in [5.74, 6) is 1.31. The van der Waals surface area contributed by atoms with E-state index in [1.807, 2.05) is 11.8 Å². The minimum Gasteiger partial charge on any atom is -0.397 e. The van der Waals surface area contributed by atoms with Crippen molar-refractivity contribution in [3.8, 4) is 0 Å². The number of likely N-dealkylation sites (tertiary alicyclic amines) is 1. The zero-order chi connectivity index (χ0) is 13.3. The monoisotopic (exact) mass is 247 g/mol. The Morgan fingerprint density at radius 1 is 1.56 bits per heavy atom. The molecule has 1 saturated heterocycles. The van der Waals surface area contributed by atoms with Crippen molar-refractivity contribution < 1.29 is 4.79 Å². The van der Waals surface area contributed by atoms with Gasteiger partial charge >= 0.3 is 0 Å². The third-order valence-corrected chi connectivity index (χ3v) is 3.79. The largest absolute Gasteiger partial charge is 0.397 e. The van der Waals surface area contributed by atoms with E-state index in [4.69, 9.17) is 5.73 Å². The predicted octanol–water partition coefficient (Wildman–Crippen LogP) is 2.09. The summed E-state index contributed by atoms with van der Waals surface area (Å²) in [4.78, 5) is 18.5. The molecule has 0 spiro atoms. The molecule has 0 saturated carbocycles. The van der Waals surface area contributed by atoms with Crippen LogP contribution in [-0.4, -0.2) is 28.9 Å². The van der Waals surface area contributed by atoms with Crippen LogP contribution in [0.3, 0.4) is 0 Å². The van der Waals surface area contributed by atoms with Crippen molar-refractivity contribution in [1.82, 2.24) is 9.88 Å². The summed E-state index contributed by atoms with van der Waals surface area (Å²) in [7, 11) is 0. The molecule has 1 aliphatic rings. The SMILES string of the molecule is Cc1ncc(N)cc1C(=O)N1CCC(C(C)C)C1. The van der Waals surface area contributed by atoms with Gasteiger partial charge in [0, 0.05) is 13.1 Å². The van der Waals surface area contributed by atoms with E-state index in [9.17, 15) is 4.79 Å². The Morgan fingerprint density at radius 2 is 2.28 bits per heavy atom. The van der Waals surface area contributed by atoms with Gasteiger partial charge in [0.25, 0.3) is 5.91 Å². The van der Waals surface area contributed by atoms with Gasteiger partial charge < -0.3 is 10.6 Å². The van der Waals surface area contributed by atoms with Crippen LogP contribution in [0.4, 0.5) is 5.69 Å². The molecular weight excluding hydrogens is 226 g/mol. The highest BCUT2D eigenvalue weighted by atomic mass is 16.2. The number of hydrogen-bond acceptors (Lipinski definition) is 3. The predicted molar refractivity (Wildman–Crippen MR) is 72.2 cm³/mol. The van der Waals surface area contributed by atoms with Crippen LogP contribution < -0.4 is 5.73 Å².